The summed E-state index contributed by atoms with van der Waals surface area (Å²) in [7, 11) is 6.39. The van der Waals surface area contributed by atoms with E-state index in [-0.39, 0.29) is 0 Å². The van der Waals surface area contributed by atoms with Gasteiger partial charge in [0.05, 0.1) is 0 Å². The highest BCUT2D eigenvalue weighted by Gasteiger charge is 2.08. The molecule has 0 bridgehead atoms. The molecule has 4 heteroatoms. The zero-order valence-electron chi connectivity index (χ0n) is 13.4. The van der Waals surface area contributed by atoms with E-state index in [9.17, 15) is 0 Å². The number of likely N-dealkylation sites (N-methyl/N-ethyl adjacent to an activating group) is 2. The summed E-state index contributed by atoms with van der Waals surface area (Å²) in [6.45, 7) is 8.53. The summed E-state index contributed by atoms with van der Waals surface area (Å²) < 4.78 is 1.14. The Morgan fingerprint density at radius 2 is 1.85 bits per heavy atom. The first kappa shape index (κ1) is 17.5. The van der Waals surface area contributed by atoms with Crippen molar-refractivity contribution in [1.82, 2.24) is 10.2 Å². The minimum absolute atomic E-state index is 0.681. The Labute approximate surface area is 132 Å². The highest BCUT2D eigenvalue weighted by Crippen LogP contribution is 2.24. The maximum absolute atomic E-state index is 3.58. The second-order valence-electron chi connectivity index (χ2n) is 6.02. The van der Waals surface area contributed by atoms with Gasteiger partial charge < -0.3 is 15.1 Å². The fourth-order valence-corrected chi connectivity index (χ4v) is 2.36. The quantitative estimate of drug-likeness (QED) is 0.783. The van der Waals surface area contributed by atoms with E-state index >= 15 is 0 Å². The molecule has 0 aliphatic rings. The summed E-state index contributed by atoms with van der Waals surface area (Å²) in [5, 5.41) is 3.53. The molecule has 0 spiro atoms. The lowest BCUT2D eigenvalue weighted by Gasteiger charge is -2.25. The number of nitrogens with zero attached hydrogens (tertiary/aromatic N) is 2. The molecule has 0 aliphatic carbocycles. The average molecular weight is 342 g/mol. The molecule has 20 heavy (non-hydrogen) atoms. The van der Waals surface area contributed by atoms with Crippen molar-refractivity contribution in [3.63, 3.8) is 0 Å². The Balaban J connectivity index is 2.73. The van der Waals surface area contributed by atoms with Crippen molar-refractivity contribution in [2.45, 2.75) is 20.4 Å². The first-order chi connectivity index (χ1) is 9.40. The highest BCUT2D eigenvalue weighted by molar-refractivity contribution is 9.10. The number of anilines is 1. The molecule has 0 unspecified atom stereocenters. The Kier molecular flexibility index (Phi) is 7.56. The molecule has 0 fully saturated rings. The molecular weight excluding hydrogens is 314 g/mol. The van der Waals surface area contributed by atoms with Gasteiger partial charge in [-0.2, -0.15) is 0 Å². The van der Waals surface area contributed by atoms with Gasteiger partial charge in [0.1, 0.15) is 0 Å². The molecule has 1 aromatic rings. The van der Waals surface area contributed by atoms with Gasteiger partial charge in [-0.3, -0.25) is 0 Å². The molecule has 0 saturated carbocycles. The van der Waals surface area contributed by atoms with E-state index in [4.69, 9.17) is 0 Å². The third kappa shape index (κ3) is 6.25. The molecule has 1 N–H and O–H groups in total. The van der Waals surface area contributed by atoms with Crippen molar-refractivity contribution in [3.05, 3.63) is 28.2 Å². The predicted octanol–water partition coefficient (Wildman–Crippen LogP) is 3.19. The monoisotopic (exact) mass is 341 g/mol. The average Bonchev–Trinajstić information content (AvgIpc) is 2.37. The lowest BCUT2D eigenvalue weighted by molar-refractivity contribution is 0.416. The molecule has 0 heterocycles. The van der Waals surface area contributed by atoms with Crippen LogP contribution in [0.1, 0.15) is 19.4 Å². The molecular formula is C16H28BrN3. The summed E-state index contributed by atoms with van der Waals surface area (Å²) in [4.78, 5) is 4.54. The van der Waals surface area contributed by atoms with Crippen molar-refractivity contribution in [3.8, 4) is 0 Å². The van der Waals surface area contributed by atoms with Crippen molar-refractivity contribution >= 4 is 21.6 Å². The van der Waals surface area contributed by atoms with Gasteiger partial charge in [-0.15, -0.1) is 0 Å². The fraction of sp³-hybridized carbons (Fsp3) is 0.625. The summed E-state index contributed by atoms with van der Waals surface area (Å²) in [6, 6.07) is 6.54. The molecule has 0 aromatic heterocycles. The van der Waals surface area contributed by atoms with E-state index in [0.717, 1.165) is 30.7 Å². The Morgan fingerprint density at radius 1 is 1.15 bits per heavy atom. The predicted molar refractivity (Wildman–Crippen MR) is 92.5 cm³/mol. The van der Waals surface area contributed by atoms with Gasteiger partial charge in [0, 0.05) is 36.8 Å². The zero-order chi connectivity index (χ0) is 15.1. The second-order valence-corrected chi connectivity index (χ2v) is 6.94. The molecule has 1 aromatic carbocycles. The van der Waals surface area contributed by atoms with E-state index in [2.05, 4.69) is 84.2 Å². The largest absolute Gasteiger partial charge is 0.373 e. The van der Waals surface area contributed by atoms with Gasteiger partial charge >= 0.3 is 0 Å². The maximum atomic E-state index is 3.58. The fourth-order valence-electron chi connectivity index (χ4n) is 2.01. The number of benzene rings is 1. The lowest BCUT2D eigenvalue weighted by atomic mass is 10.1. The minimum Gasteiger partial charge on any atom is -0.373 e. The van der Waals surface area contributed by atoms with Gasteiger partial charge in [-0.1, -0.05) is 35.8 Å². The van der Waals surface area contributed by atoms with Crippen LogP contribution in [0.25, 0.3) is 0 Å². The normalized spacial score (nSPS) is 11.4. The van der Waals surface area contributed by atoms with Crippen LogP contribution in [-0.2, 0) is 6.54 Å². The molecule has 0 atom stereocenters. The van der Waals surface area contributed by atoms with Crippen LogP contribution in [0, 0.1) is 5.92 Å². The summed E-state index contributed by atoms with van der Waals surface area (Å²) in [5.41, 5.74) is 2.66. The van der Waals surface area contributed by atoms with Crippen LogP contribution < -0.4 is 10.2 Å². The topological polar surface area (TPSA) is 18.5 Å². The van der Waals surface area contributed by atoms with E-state index < -0.39 is 0 Å². The minimum atomic E-state index is 0.681. The molecule has 3 nitrogen and oxygen atoms in total. The van der Waals surface area contributed by atoms with Gasteiger partial charge in [0.2, 0.25) is 0 Å². The lowest BCUT2D eigenvalue weighted by Crippen LogP contribution is -2.29. The highest BCUT2D eigenvalue weighted by atomic mass is 79.9. The van der Waals surface area contributed by atoms with Crippen molar-refractivity contribution in [1.29, 1.82) is 0 Å². The SMILES string of the molecule is CC(C)CNCc1ccc(Br)cc1N(C)CCN(C)C. The van der Waals surface area contributed by atoms with Crippen molar-refractivity contribution < 1.29 is 0 Å². The Hall–Kier alpha value is -0.580. The van der Waals surface area contributed by atoms with E-state index in [0.29, 0.717) is 5.92 Å². The molecule has 0 saturated heterocycles. The number of nitrogens with one attached hydrogen (secondary N) is 1. The van der Waals surface area contributed by atoms with Gasteiger partial charge in [-0.05, 0) is 44.3 Å². The maximum Gasteiger partial charge on any atom is 0.0421 e. The van der Waals surface area contributed by atoms with Crippen LogP contribution in [0.2, 0.25) is 0 Å². The second kappa shape index (κ2) is 8.65. The van der Waals surface area contributed by atoms with Gasteiger partial charge in [0.25, 0.3) is 0 Å². The summed E-state index contributed by atoms with van der Waals surface area (Å²) in [5.74, 6) is 0.681. The molecule has 0 radical (unpaired) electrons. The van der Waals surface area contributed by atoms with Crippen LogP contribution in [0.4, 0.5) is 5.69 Å². The summed E-state index contributed by atoms with van der Waals surface area (Å²) in [6.07, 6.45) is 0. The van der Waals surface area contributed by atoms with Crippen LogP contribution >= 0.6 is 15.9 Å². The number of rotatable bonds is 8. The number of halogens is 1. The van der Waals surface area contributed by atoms with Gasteiger partial charge in [0.15, 0.2) is 0 Å². The standard InChI is InChI=1S/C16H28BrN3/c1-13(2)11-18-12-14-6-7-15(17)10-16(14)20(5)9-8-19(3)4/h6-7,10,13,18H,8-9,11-12H2,1-5H3. The van der Waals surface area contributed by atoms with Crippen LogP contribution in [0.5, 0.6) is 0 Å². The van der Waals surface area contributed by atoms with Crippen molar-refractivity contribution in [2.75, 3.05) is 45.7 Å². The Morgan fingerprint density at radius 3 is 2.45 bits per heavy atom. The van der Waals surface area contributed by atoms with Crippen LogP contribution in [0.3, 0.4) is 0 Å². The smallest absolute Gasteiger partial charge is 0.0421 e. The third-order valence-corrected chi connectivity index (χ3v) is 3.70. The Bertz CT molecular complexity index is 405. The molecule has 0 aliphatic heterocycles. The summed E-state index contributed by atoms with van der Waals surface area (Å²) >= 11 is 3.58. The third-order valence-electron chi connectivity index (χ3n) is 3.21. The zero-order valence-corrected chi connectivity index (χ0v) is 15.0. The van der Waals surface area contributed by atoms with Gasteiger partial charge in [-0.25, -0.2) is 0 Å². The van der Waals surface area contributed by atoms with Crippen molar-refractivity contribution in [2.24, 2.45) is 5.92 Å². The van der Waals surface area contributed by atoms with E-state index in [1.54, 1.807) is 0 Å². The molecule has 0 amide bonds. The van der Waals surface area contributed by atoms with E-state index in [1.165, 1.54) is 11.3 Å². The van der Waals surface area contributed by atoms with E-state index in [1.807, 2.05) is 0 Å². The van der Waals surface area contributed by atoms with Crippen LogP contribution in [0.15, 0.2) is 22.7 Å². The first-order valence-electron chi connectivity index (χ1n) is 7.25. The van der Waals surface area contributed by atoms with Crippen LogP contribution in [-0.4, -0.2) is 45.7 Å². The number of hydrogen-bond donors (Lipinski definition) is 1. The molecule has 1 rings (SSSR count). The first-order valence-corrected chi connectivity index (χ1v) is 8.04. The molecule has 114 valence electrons. The number of hydrogen-bond acceptors (Lipinski definition) is 3.